The van der Waals surface area contributed by atoms with Crippen LogP contribution in [0.5, 0.6) is 0 Å². The van der Waals surface area contributed by atoms with E-state index in [1.807, 2.05) is 45.0 Å². The van der Waals surface area contributed by atoms with Gasteiger partial charge in [-0.1, -0.05) is 43.7 Å². The number of ether oxygens (including phenoxy) is 2. The van der Waals surface area contributed by atoms with Crippen molar-refractivity contribution in [2.45, 2.75) is 39.5 Å². The van der Waals surface area contributed by atoms with Gasteiger partial charge in [-0.3, -0.25) is 4.79 Å². The molecule has 3 rings (SSSR count). The lowest BCUT2D eigenvalue weighted by Crippen LogP contribution is -2.35. The molecule has 5 nitrogen and oxygen atoms in total. The molecule has 132 valence electrons. The molecule has 0 fully saturated rings. The topological polar surface area (TPSA) is 78.6 Å². The normalized spacial score (nSPS) is 22.4. The number of carbonyl (C=O) groups is 2. The summed E-state index contributed by atoms with van der Waals surface area (Å²) >= 11 is 0. The molecule has 0 spiro atoms. The van der Waals surface area contributed by atoms with Crippen molar-refractivity contribution in [2.75, 3.05) is 7.11 Å². The molecule has 2 aliphatic rings. The van der Waals surface area contributed by atoms with Crippen LogP contribution in [0.1, 0.15) is 43.7 Å². The maximum atomic E-state index is 12.9. The molecule has 1 aromatic carbocycles. The average molecular weight is 341 g/mol. The van der Waals surface area contributed by atoms with Gasteiger partial charge in [0.2, 0.25) is 5.88 Å². The first kappa shape index (κ1) is 17.3. The van der Waals surface area contributed by atoms with E-state index >= 15 is 0 Å². The van der Waals surface area contributed by atoms with E-state index in [1.54, 1.807) is 0 Å². The summed E-state index contributed by atoms with van der Waals surface area (Å²) < 4.78 is 10.6. The smallest absolute Gasteiger partial charge is 0.340 e. The van der Waals surface area contributed by atoms with Crippen LogP contribution in [0.3, 0.4) is 0 Å². The summed E-state index contributed by atoms with van der Waals surface area (Å²) in [5.74, 6) is -0.558. The molecule has 0 radical (unpaired) electrons. The van der Waals surface area contributed by atoms with Gasteiger partial charge in [0.15, 0.2) is 5.78 Å². The number of esters is 1. The molecule has 1 aliphatic carbocycles. The van der Waals surface area contributed by atoms with Crippen molar-refractivity contribution in [3.63, 3.8) is 0 Å². The highest BCUT2D eigenvalue weighted by Crippen LogP contribution is 2.48. The quantitative estimate of drug-likeness (QED) is 0.836. The number of nitrogens with two attached hydrogens (primary N) is 1. The number of carbonyl (C=O) groups excluding carboxylic acids is 2. The molecule has 0 saturated carbocycles. The summed E-state index contributed by atoms with van der Waals surface area (Å²) in [4.78, 5) is 25.3. The minimum absolute atomic E-state index is 0.00859. The van der Waals surface area contributed by atoms with Crippen LogP contribution in [0, 0.1) is 12.3 Å². The van der Waals surface area contributed by atoms with Crippen molar-refractivity contribution in [1.29, 1.82) is 0 Å². The molecule has 0 aromatic heterocycles. The van der Waals surface area contributed by atoms with Crippen molar-refractivity contribution in [2.24, 2.45) is 11.1 Å². The second-order valence-corrected chi connectivity index (χ2v) is 7.49. The van der Waals surface area contributed by atoms with Gasteiger partial charge in [-0.15, -0.1) is 0 Å². The third kappa shape index (κ3) is 3.06. The van der Waals surface area contributed by atoms with E-state index in [-0.39, 0.29) is 22.7 Å². The van der Waals surface area contributed by atoms with Crippen molar-refractivity contribution in [3.05, 3.63) is 58.2 Å². The molecule has 1 atom stereocenters. The van der Waals surface area contributed by atoms with Gasteiger partial charge in [-0.05, 0) is 17.9 Å². The average Bonchev–Trinajstić information content (AvgIpc) is 2.52. The van der Waals surface area contributed by atoms with Crippen LogP contribution in [0.25, 0.3) is 0 Å². The summed E-state index contributed by atoms with van der Waals surface area (Å²) in [5, 5.41) is 0. The molecule has 1 aromatic rings. The summed E-state index contributed by atoms with van der Waals surface area (Å²) in [6.45, 7) is 6.03. The van der Waals surface area contributed by atoms with Gasteiger partial charge >= 0.3 is 5.97 Å². The van der Waals surface area contributed by atoms with E-state index in [1.165, 1.54) is 7.11 Å². The maximum Gasteiger partial charge on any atom is 0.340 e. The molecule has 25 heavy (non-hydrogen) atoms. The lowest BCUT2D eigenvalue weighted by Gasteiger charge is -2.37. The molecule has 0 amide bonds. The number of Topliss-reactive ketones (excluding diaryl/α,β-unsaturated/α-hetero) is 1. The lowest BCUT2D eigenvalue weighted by molar-refractivity contribution is -0.136. The Morgan fingerprint density at radius 2 is 1.88 bits per heavy atom. The second-order valence-electron chi connectivity index (χ2n) is 7.49. The number of benzene rings is 1. The molecular formula is C20H23NO4. The zero-order valence-electron chi connectivity index (χ0n) is 15.0. The summed E-state index contributed by atoms with van der Waals surface area (Å²) in [6, 6.07) is 7.74. The molecule has 0 bridgehead atoms. The highest BCUT2D eigenvalue weighted by molar-refractivity contribution is 6.03. The fourth-order valence-electron chi connectivity index (χ4n) is 3.59. The Morgan fingerprint density at radius 1 is 1.24 bits per heavy atom. The van der Waals surface area contributed by atoms with Crippen LogP contribution < -0.4 is 5.73 Å². The summed E-state index contributed by atoms with van der Waals surface area (Å²) in [5.41, 5.74) is 8.51. The predicted molar refractivity (Wildman–Crippen MR) is 93.3 cm³/mol. The minimum Gasteiger partial charge on any atom is -0.465 e. The van der Waals surface area contributed by atoms with Gasteiger partial charge in [0.1, 0.15) is 11.3 Å². The number of methoxy groups -OCH3 is 1. The third-order valence-corrected chi connectivity index (χ3v) is 4.77. The Bertz CT molecular complexity index is 799. The SMILES string of the molecule is COC(=O)C1=C(N)OC2=C(C(=O)CC(C)(C)C2)C1c1ccc(C)cc1. The van der Waals surface area contributed by atoms with Crippen LogP contribution in [0.15, 0.2) is 47.1 Å². The van der Waals surface area contributed by atoms with Gasteiger partial charge in [0.25, 0.3) is 0 Å². The monoisotopic (exact) mass is 341 g/mol. The van der Waals surface area contributed by atoms with Crippen molar-refractivity contribution in [1.82, 2.24) is 0 Å². The molecule has 1 aliphatic heterocycles. The number of aryl methyl sites for hydroxylation is 1. The minimum atomic E-state index is -0.577. The Balaban J connectivity index is 2.19. The van der Waals surface area contributed by atoms with Crippen molar-refractivity contribution < 1.29 is 19.1 Å². The summed E-state index contributed by atoms with van der Waals surface area (Å²) in [7, 11) is 1.30. The first-order valence-corrected chi connectivity index (χ1v) is 8.32. The molecule has 1 heterocycles. The third-order valence-electron chi connectivity index (χ3n) is 4.77. The predicted octanol–water partition coefficient (Wildman–Crippen LogP) is 3.10. The Morgan fingerprint density at radius 3 is 2.48 bits per heavy atom. The van der Waals surface area contributed by atoms with E-state index in [9.17, 15) is 9.59 Å². The van der Waals surface area contributed by atoms with E-state index in [0.29, 0.717) is 24.2 Å². The van der Waals surface area contributed by atoms with Crippen LogP contribution in [-0.4, -0.2) is 18.9 Å². The summed E-state index contributed by atoms with van der Waals surface area (Å²) in [6.07, 6.45) is 1.01. The van der Waals surface area contributed by atoms with E-state index in [2.05, 4.69) is 0 Å². The largest absolute Gasteiger partial charge is 0.465 e. The Hall–Kier alpha value is -2.56. The fraction of sp³-hybridized carbons (Fsp3) is 0.400. The zero-order chi connectivity index (χ0) is 18.4. The molecule has 0 saturated heterocycles. The molecule has 5 heteroatoms. The van der Waals surface area contributed by atoms with Crippen LogP contribution >= 0.6 is 0 Å². The first-order valence-electron chi connectivity index (χ1n) is 8.32. The highest BCUT2D eigenvalue weighted by atomic mass is 16.5. The first-order chi connectivity index (χ1) is 11.7. The van der Waals surface area contributed by atoms with Crippen molar-refractivity contribution in [3.8, 4) is 0 Å². The number of allylic oxidation sites excluding steroid dienone is 2. The van der Waals surface area contributed by atoms with Gasteiger partial charge in [0.05, 0.1) is 13.0 Å². The highest BCUT2D eigenvalue weighted by Gasteiger charge is 2.44. The van der Waals surface area contributed by atoms with Gasteiger partial charge < -0.3 is 15.2 Å². The standard InChI is InChI=1S/C20H23NO4/c1-11-5-7-12(8-6-11)15-16-13(22)9-20(2,3)10-14(16)25-18(21)17(15)19(23)24-4/h5-8,15H,9-10,21H2,1-4H3. The second kappa shape index (κ2) is 6.06. The Labute approximate surface area is 147 Å². The molecule has 1 unspecified atom stereocenters. The van der Waals surface area contributed by atoms with Crippen molar-refractivity contribution >= 4 is 11.8 Å². The van der Waals surface area contributed by atoms with Gasteiger partial charge in [-0.25, -0.2) is 4.79 Å². The number of rotatable bonds is 2. The number of hydrogen-bond acceptors (Lipinski definition) is 5. The maximum absolute atomic E-state index is 12.9. The number of hydrogen-bond donors (Lipinski definition) is 1. The van der Waals surface area contributed by atoms with E-state index in [0.717, 1.165) is 11.1 Å². The molecular weight excluding hydrogens is 318 g/mol. The Kier molecular flexibility index (Phi) is 4.19. The van der Waals surface area contributed by atoms with Gasteiger partial charge in [0, 0.05) is 18.4 Å². The van der Waals surface area contributed by atoms with Crippen LogP contribution in [0.2, 0.25) is 0 Å². The lowest BCUT2D eigenvalue weighted by atomic mass is 9.70. The number of ketones is 1. The van der Waals surface area contributed by atoms with Crippen LogP contribution in [-0.2, 0) is 19.1 Å². The fourth-order valence-corrected chi connectivity index (χ4v) is 3.59. The van der Waals surface area contributed by atoms with Crippen LogP contribution in [0.4, 0.5) is 0 Å². The van der Waals surface area contributed by atoms with E-state index < -0.39 is 11.9 Å². The molecule has 2 N–H and O–H groups in total. The zero-order valence-corrected chi connectivity index (χ0v) is 15.0. The van der Waals surface area contributed by atoms with Gasteiger partial charge in [-0.2, -0.15) is 0 Å². The van der Waals surface area contributed by atoms with E-state index in [4.69, 9.17) is 15.2 Å².